The van der Waals surface area contributed by atoms with Gasteiger partial charge in [0.05, 0.1) is 11.0 Å². The summed E-state index contributed by atoms with van der Waals surface area (Å²) in [6, 6.07) is 19.9. The normalized spacial score (nSPS) is 12.5. The number of hydrogen-bond donors (Lipinski definition) is 0. The Morgan fingerprint density at radius 3 is 2.14 bits per heavy atom. The molecule has 0 saturated heterocycles. The number of nitrogens with zero attached hydrogens (tertiary/aromatic N) is 1. The van der Waals surface area contributed by atoms with Crippen LogP contribution in [0.4, 0.5) is 0 Å². The molecular formula is C21H21N. The van der Waals surface area contributed by atoms with Gasteiger partial charge in [-0.1, -0.05) is 75.4 Å². The molecule has 1 heterocycles. The van der Waals surface area contributed by atoms with Crippen LogP contribution in [0, 0.1) is 0 Å². The predicted octanol–water partition coefficient (Wildman–Crippen LogP) is 5.78. The van der Waals surface area contributed by atoms with Gasteiger partial charge in [0.25, 0.3) is 0 Å². The maximum atomic E-state index is 2.38. The number of aryl methyl sites for hydroxylation is 1. The number of rotatable bonds is 0. The van der Waals surface area contributed by atoms with Crippen molar-refractivity contribution < 1.29 is 0 Å². The Balaban J connectivity index is 2.30. The third-order valence-corrected chi connectivity index (χ3v) is 4.71. The molecule has 0 atom stereocenters. The second-order valence-electron chi connectivity index (χ2n) is 7.19. The zero-order chi connectivity index (χ0) is 15.5. The number of aromatic nitrogens is 1. The average molecular weight is 287 g/mol. The molecule has 1 aromatic heterocycles. The summed E-state index contributed by atoms with van der Waals surface area (Å²) < 4.78 is 2.38. The van der Waals surface area contributed by atoms with E-state index in [1.165, 1.54) is 38.1 Å². The Morgan fingerprint density at radius 2 is 1.36 bits per heavy atom. The van der Waals surface area contributed by atoms with E-state index in [4.69, 9.17) is 0 Å². The van der Waals surface area contributed by atoms with Crippen LogP contribution in [-0.2, 0) is 12.5 Å². The molecule has 22 heavy (non-hydrogen) atoms. The first-order chi connectivity index (χ1) is 10.5. The highest BCUT2D eigenvalue weighted by Gasteiger charge is 2.21. The number of fused-ring (bicyclic) bond motifs is 5. The van der Waals surface area contributed by atoms with Gasteiger partial charge in [0, 0.05) is 23.2 Å². The molecule has 1 heteroatoms. The van der Waals surface area contributed by atoms with Gasteiger partial charge in [-0.15, -0.1) is 0 Å². The predicted molar refractivity (Wildman–Crippen MR) is 96.6 cm³/mol. The van der Waals surface area contributed by atoms with Gasteiger partial charge >= 0.3 is 0 Å². The van der Waals surface area contributed by atoms with Crippen LogP contribution in [0.25, 0.3) is 32.6 Å². The fourth-order valence-corrected chi connectivity index (χ4v) is 3.67. The summed E-state index contributed by atoms with van der Waals surface area (Å²) in [6.45, 7) is 6.87. The lowest BCUT2D eigenvalue weighted by Crippen LogP contribution is -2.12. The zero-order valence-corrected chi connectivity index (χ0v) is 13.6. The molecule has 3 aromatic carbocycles. The van der Waals surface area contributed by atoms with Crippen LogP contribution >= 0.6 is 0 Å². The summed E-state index contributed by atoms with van der Waals surface area (Å²) in [4.78, 5) is 0. The zero-order valence-electron chi connectivity index (χ0n) is 13.6. The minimum absolute atomic E-state index is 0.136. The number of hydrogen-bond acceptors (Lipinski definition) is 0. The van der Waals surface area contributed by atoms with E-state index in [0.29, 0.717) is 0 Å². The van der Waals surface area contributed by atoms with Crippen LogP contribution in [0.15, 0.2) is 54.6 Å². The lowest BCUT2D eigenvalue weighted by atomic mass is 9.85. The van der Waals surface area contributed by atoms with Gasteiger partial charge in [-0.05, 0) is 16.4 Å². The maximum absolute atomic E-state index is 2.38. The van der Waals surface area contributed by atoms with Crippen LogP contribution in [0.2, 0.25) is 0 Å². The summed E-state index contributed by atoms with van der Waals surface area (Å²) in [5.74, 6) is 0. The van der Waals surface area contributed by atoms with Gasteiger partial charge < -0.3 is 4.57 Å². The SMILES string of the molecule is Cn1c2c(C(C)(C)C)cccc2c2ccc3ccccc3c21. The first kappa shape index (κ1) is 13.4. The summed E-state index contributed by atoms with van der Waals surface area (Å²) >= 11 is 0. The maximum Gasteiger partial charge on any atom is 0.0568 e. The molecule has 0 aliphatic rings. The van der Waals surface area contributed by atoms with E-state index in [2.05, 4.69) is 87.0 Å². The Morgan fingerprint density at radius 1 is 0.682 bits per heavy atom. The summed E-state index contributed by atoms with van der Waals surface area (Å²) in [6.07, 6.45) is 0. The molecule has 1 nitrogen and oxygen atoms in total. The molecule has 4 aromatic rings. The van der Waals surface area contributed by atoms with E-state index in [1.54, 1.807) is 0 Å². The molecule has 0 spiro atoms. The minimum atomic E-state index is 0.136. The quantitative estimate of drug-likeness (QED) is 0.386. The fourth-order valence-electron chi connectivity index (χ4n) is 3.67. The Hall–Kier alpha value is -2.28. The monoisotopic (exact) mass is 287 g/mol. The second-order valence-corrected chi connectivity index (χ2v) is 7.19. The molecule has 0 saturated carbocycles. The van der Waals surface area contributed by atoms with Crippen LogP contribution in [0.3, 0.4) is 0 Å². The lowest BCUT2D eigenvalue weighted by Gasteiger charge is -2.21. The molecule has 0 unspecified atom stereocenters. The average Bonchev–Trinajstić information content (AvgIpc) is 2.80. The molecule has 0 bridgehead atoms. The molecule has 0 aliphatic heterocycles. The van der Waals surface area contributed by atoms with E-state index in [0.717, 1.165) is 0 Å². The largest absolute Gasteiger partial charge is 0.343 e. The van der Waals surface area contributed by atoms with Gasteiger partial charge in [0.15, 0.2) is 0 Å². The first-order valence-corrected chi connectivity index (χ1v) is 7.88. The minimum Gasteiger partial charge on any atom is -0.343 e. The Kier molecular flexibility index (Phi) is 2.65. The van der Waals surface area contributed by atoms with Crippen molar-refractivity contribution in [3.05, 3.63) is 60.2 Å². The third-order valence-electron chi connectivity index (χ3n) is 4.71. The van der Waals surface area contributed by atoms with Crippen molar-refractivity contribution >= 4 is 32.6 Å². The smallest absolute Gasteiger partial charge is 0.0568 e. The fraction of sp³-hybridized carbons (Fsp3) is 0.238. The lowest BCUT2D eigenvalue weighted by molar-refractivity contribution is 0.593. The van der Waals surface area contributed by atoms with Crippen molar-refractivity contribution in [3.8, 4) is 0 Å². The summed E-state index contributed by atoms with van der Waals surface area (Å²) in [7, 11) is 2.20. The van der Waals surface area contributed by atoms with Crippen LogP contribution < -0.4 is 0 Å². The number of benzene rings is 3. The molecule has 0 N–H and O–H groups in total. The van der Waals surface area contributed by atoms with E-state index >= 15 is 0 Å². The van der Waals surface area contributed by atoms with E-state index in [1.807, 2.05) is 0 Å². The van der Waals surface area contributed by atoms with Gasteiger partial charge in [-0.25, -0.2) is 0 Å². The molecule has 0 fully saturated rings. The Bertz CT molecular complexity index is 1010. The molecule has 110 valence electrons. The highest BCUT2D eigenvalue weighted by molar-refractivity contribution is 6.18. The van der Waals surface area contributed by atoms with Crippen molar-refractivity contribution in [1.29, 1.82) is 0 Å². The van der Waals surface area contributed by atoms with Crippen LogP contribution in [0.1, 0.15) is 26.3 Å². The van der Waals surface area contributed by atoms with E-state index in [-0.39, 0.29) is 5.41 Å². The highest BCUT2D eigenvalue weighted by Crippen LogP contribution is 2.38. The van der Waals surface area contributed by atoms with Crippen molar-refractivity contribution in [1.82, 2.24) is 4.57 Å². The summed E-state index contributed by atoms with van der Waals surface area (Å²) in [5, 5.41) is 5.34. The number of para-hydroxylation sites is 1. The third kappa shape index (κ3) is 1.72. The highest BCUT2D eigenvalue weighted by atomic mass is 14.9. The van der Waals surface area contributed by atoms with Crippen molar-refractivity contribution in [2.45, 2.75) is 26.2 Å². The second kappa shape index (κ2) is 4.36. The van der Waals surface area contributed by atoms with Gasteiger partial charge in [-0.3, -0.25) is 0 Å². The van der Waals surface area contributed by atoms with E-state index in [9.17, 15) is 0 Å². The standard InChI is InChI=1S/C21H21N/c1-21(2,3)18-11-7-10-16-17-13-12-14-8-5-6-9-15(14)19(17)22(4)20(16)18/h5-13H,1-4H3. The van der Waals surface area contributed by atoms with E-state index < -0.39 is 0 Å². The molecular weight excluding hydrogens is 266 g/mol. The molecule has 0 radical (unpaired) electrons. The van der Waals surface area contributed by atoms with Crippen molar-refractivity contribution in [3.63, 3.8) is 0 Å². The Labute approximate surface area is 131 Å². The van der Waals surface area contributed by atoms with Gasteiger partial charge in [0.1, 0.15) is 0 Å². The molecule has 0 aliphatic carbocycles. The van der Waals surface area contributed by atoms with Crippen LogP contribution in [0.5, 0.6) is 0 Å². The van der Waals surface area contributed by atoms with Gasteiger partial charge in [-0.2, -0.15) is 0 Å². The van der Waals surface area contributed by atoms with Gasteiger partial charge in [0.2, 0.25) is 0 Å². The van der Waals surface area contributed by atoms with Crippen molar-refractivity contribution in [2.24, 2.45) is 7.05 Å². The first-order valence-electron chi connectivity index (χ1n) is 7.88. The van der Waals surface area contributed by atoms with Crippen molar-refractivity contribution in [2.75, 3.05) is 0 Å². The van der Waals surface area contributed by atoms with Crippen LogP contribution in [-0.4, -0.2) is 4.57 Å². The topological polar surface area (TPSA) is 4.93 Å². The summed E-state index contributed by atoms with van der Waals surface area (Å²) in [5.41, 5.74) is 4.25. The molecule has 0 amide bonds. The molecule has 4 rings (SSSR count).